The summed E-state index contributed by atoms with van der Waals surface area (Å²) in [7, 11) is 1.62. The molecule has 4 heteroatoms. The van der Waals surface area contributed by atoms with Gasteiger partial charge in [-0.1, -0.05) is 6.92 Å². The molecule has 0 aliphatic carbocycles. The second-order valence-corrected chi connectivity index (χ2v) is 2.64. The fraction of sp³-hybridized carbons (Fsp3) is 0.875. The highest BCUT2D eigenvalue weighted by Crippen LogP contribution is 2.00. The molecule has 2 N–H and O–H groups in total. The van der Waals surface area contributed by atoms with E-state index in [1.54, 1.807) is 7.05 Å². The van der Waals surface area contributed by atoms with Crippen LogP contribution in [0.25, 0.3) is 0 Å². The van der Waals surface area contributed by atoms with Crippen LogP contribution in [-0.2, 0) is 9.53 Å². The summed E-state index contributed by atoms with van der Waals surface area (Å²) >= 11 is 0. The molecule has 0 aliphatic rings. The molecule has 0 rings (SSSR count). The Bertz CT molecular complexity index is 127. The van der Waals surface area contributed by atoms with E-state index in [9.17, 15) is 4.79 Å². The Morgan fingerprint density at radius 1 is 1.58 bits per heavy atom. The Labute approximate surface area is 72.9 Å². The Hall–Kier alpha value is -0.610. The summed E-state index contributed by atoms with van der Waals surface area (Å²) in [6.45, 7) is 2.76. The van der Waals surface area contributed by atoms with Gasteiger partial charge in [-0.25, -0.2) is 0 Å². The van der Waals surface area contributed by atoms with Crippen molar-refractivity contribution in [3.05, 3.63) is 0 Å². The van der Waals surface area contributed by atoms with E-state index in [2.05, 4.69) is 5.32 Å². The van der Waals surface area contributed by atoms with Crippen molar-refractivity contribution in [1.29, 1.82) is 0 Å². The third kappa shape index (κ3) is 5.09. The van der Waals surface area contributed by atoms with Crippen molar-refractivity contribution in [3.63, 3.8) is 0 Å². The largest absolute Gasteiger partial charge is 0.394 e. The van der Waals surface area contributed by atoms with Gasteiger partial charge in [0.1, 0.15) is 0 Å². The first-order chi connectivity index (χ1) is 5.72. The van der Waals surface area contributed by atoms with Crippen LogP contribution < -0.4 is 5.32 Å². The molecule has 1 unspecified atom stereocenters. The molecule has 0 saturated heterocycles. The zero-order valence-corrected chi connectivity index (χ0v) is 7.67. The molecule has 0 fully saturated rings. The van der Waals surface area contributed by atoms with Gasteiger partial charge in [-0.15, -0.1) is 0 Å². The van der Waals surface area contributed by atoms with Gasteiger partial charge in [0.05, 0.1) is 13.2 Å². The van der Waals surface area contributed by atoms with Crippen LogP contribution in [0.4, 0.5) is 0 Å². The van der Waals surface area contributed by atoms with Crippen LogP contribution in [-0.4, -0.2) is 37.9 Å². The monoisotopic (exact) mass is 175 g/mol. The fourth-order valence-corrected chi connectivity index (χ4v) is 0.804. The highest BCUT2D eigenvalue weighted by atomic mass is 16.5. The van der Waals surface area contributed by atoms with Crippen LogP contribution in [0.15, 0.2) is 0 Å². The Morgan fingerprint density at radius 3 is 2.75 bits per heavy atom. The predicted octanol–water partition coefficient (Wildman–Crippen LogP) is -0.233. The third-order valence-electron chi connectivity index (χ3n) is 1.62. The lowest BCUT2D eigenvalue weighted by molar-refractivity contribution is -0.124. The second kappa shape index (κ2) is 7.06. The Balaban J connectivity index is 3.31. The zero-order valence-electron chi connectivity index (χ0n) is 7.67. The summed E-state index contributed by atoms with van der Waals surface area (Å²) < 4.78 is 5.02. The summed E-state index contributed by atoms with van der Waals surface area (Å²) in [5, 5.41) is 10.9. The van der Waals surface area contributed by atoms with Crippen LogP contribution in [0.1, 0.15) is 13.3 Å². The Morgan fingerprint density at radius 2 is 2.25 bits per heavy atom. The van der Waals surface area contributed by atoms with E-state index < -0.39 is 0 Å². The summed E-state index contributed by atoms with van der Waals surface area (Å²) in [5.74, 6) is 0.0105. The van der Waals surface area contributed by atoms with E-state index >= 15 is 0 Å². The molecule has 1 amide bonds. The Kier molecular flexibility index (Phi) is 6.70. The van der Waals surface area contributed by atoms with E-state index in [0.29, 0.717) is 19.6 Å². The SMILES string of the molecule is CNC(=O)C(C)CCOCCO. The molecule has 0 spiro atoms. The van der Waals surface area contributed by atoms with Crippen molar-refractivity contribution in [2.75, 3.05) is 26.9 Å². The minimum atomic E-state index is -0.0197. The van der Waals surface area contributed by atoms with E-state index in [1.165, 1.54) is 0 Å². The van der Waals surface area contributed by atoms with Gasteiger partial charge >= 0.3 is 0 Å². The maximum Gasteiger partial charge on any atom is 0.222 e. The molecule has 4 nitrogen and oxygen atoms in total. The zero-order chi connectivity index (χ0) is 9.40. The van der Waals surface area contributed by atoms with Gasteiger partial charge in [0.15, 0.2) is 0 Å². The topological polar surface area (TPSA) is 58.6 Å². The molecule has 72 valence electrons. The standard InChI is InChI=1S/C8H17NO3/c1-7(8(11)9-2)3-5-12-6-4-10/h7,10H,3-6H2,1-2H3,(H,9,11). The number of carbonyl (C=O) groups is 1. The molecule has 0 saturated carbocycles. The molecule has 0 bridgehead atoms. The molecular formula is C8H17NO3. The third-order valence-corrected chi connectivity index (χ3v) is 1.62. The van der Waals surface area contributed by atoms with Crippen molar-refractivity contribution >= 4 is 5.91 Å². The van der Waals surface area contributed by atoms with Crippen LogP contribution >= 0.6 is 0 Å². The average molecular weight is 175 g/mol. The summed E-state index contributed by atoms with van der Waals surface area (Å²) in [6, 6.07) is 0. The highest BCUT2D eigenvalue weighted by molar-refractivity contribution is 5.77. The molecule has 0 aromatic carbocycles. The maximum atomic E-state index is 11.0. The number of amides is 1. The van der Waals surface area contributed by atoms with E-state index in [0.717, 1.165) is 0 Å². The number of nitrogens with one attached hydrogen (secondary N) is 1. The number of aliphatic hydroxyl groups excluding tert-OH is 1. The van der Waals surface area contributed by atoms with Crippen LogP contribution in [0.3, 0.4) is 0 Å². The minimum absolute atomic E-state index is 0.0197. The predicted molar refractivity (Wildman–Crippen MR) is 45.8 cm³/mol. The molecule has 1 atom stereocenters. The summed E-state index contributed by atoms with van der Waals surface area (Å²) in [6.07, 6.45) is 0.694. The number of ether oxygens (including phenoxy) is 1. The molecule has 0 aromatic heterocycles. The van der Waals surface area contributed by atoms with Gasteiger partial charge in [0.2, 0.25) is 5.91 Å². The molecule has 12 heavy (non-hydrogen) atoms. The van der Waals surface area contributed by atoms with Gasteiger partial charge in [0.25, 0.3) is 0 Å². The van der Waals surface area contributed by atoms with Gasteiger partial charge in [-0.3, -0.25) is 4.79 Å². The van der Waals surface area contributed by atoms with Gasteiger partial charge in [0, 0.05) is 19.6 Å². The first kappa shape index (κ1) is 11.4. The first-order valence-corrected chi connectivity index (χ1v) is 4.12. The summed E-state index contributed by atoms with van der Waals surface area (Å²) in [4.78, 5) is 11.0. The number of hydrogen-bond acceptors (Lipinski definition) is 3. The molecule has 0 radical (unpaired) electrons. The van der Waals surface area contributed by atoms with Crippen molar-refractivity contribution in [2.45, 2.75) is 13.3 Å². The molecular weight excluding hydrogens is 158 g/mol. The fourth-order valence-electron chi connectivity index (χ4n) is 0.804. The van der Waals surface area contributed by atoms with Crippen molar-refractivity contribution < 1.29 is 14.6 Å². The number of aliphatic hydroxyl groups is 1. The lowest BCUT2D eigenvalue weighted by Gasteiger charge is -2.09. The minimum Gasteiger partial charge on any atom is -0.394 e. The second-order valence-electron chi connectivity index (χ2n) is 2.64. The number of rotatable bonds is 6. The van der Waals surface area contributed by atoms with Crippen molar-refractivity contribution in [3.8, 4) is 0 Å². The van der Waals surface area contributed by atoms with E-state index in [4.69, 9.17) is 9.84 Å². The number of carbonyl (C=O) groups excluding carboxylic acids is 1. The lowest BCUT2D eigenvalue weighted by atomic mass is 10.1. The van der Waals surface area contributed by atoms with E-state index in [1.807, 2.05) is 6.92 Å². The van der Waals surface area contributed by atoms with Crippen LogP contribution in [0, 0.1) is 5.92 Å². The quantitative estimate of drug-likeness (QED) is 0.548. The van der Waals surface area contributed by atoms with Gasteiger partial charge in [-0.2, -0.15) is 0 Å². The van der Waals surface area contributed by atoms with Gasteiger partial charge in [-0.05, 0) is 6.42 Å². The molecule has 0 aliphatic heterocycles. The number of hydrogen-bond donors (Lipinski definition) is 2. The first-order valence-electron chi connectivity index (χ1n) is 4.12. The van der Waals surface area contributed by atoms with Crippen molar-refractivity contribution in [2.24, 2.45) is 5.92 Å². The average Bonchev–Trinajstić information content (AvgIpc) is 2.10. The molecule has 0 aromatic rings. The molecule has 0 heterocycles. The smallest absolute Gasteiger partial charge is 0.222 e. The lowest BCUT2D eigenvalue weighted by Crippen LogP contribution is -2.26. The van der Waals surface area contributed by atoms with Crippen LogP contribution in [0.5, 0.6) is 0 Å². The summed E-state index contributed by atoms with van der Waals surface area (Å²) in [5.41, 5.74) is 0. The van der Waals surface area contributed by atoms with E-state index in [-0.39, 0.29) is 18.4 Å². The normalized spacial score (nSPS) is 12.6. The highest BCUT2D eigenvalue weighted by Gasteiger charge is 2.09. The van der Waals surface area contributed by atoms with Crippen molar-refractivity contribution in [1.82, 2.24) is 5.32 Å². The van der Waals surface area contributed by atoms with Crippen LogP contribution in [0.2, 0.25) is 0 Å². The van der Waals surface area contributed by atoms with Gasteiger partial charge < -0.3 is 15.2 Å². The maximum absolute atomic E-state index is 11.0.